The quantitative estimate of drug-likeness (QED) is 0.621. The first-order valence-electron chi connectivity index (χ1n) is 6.22. The van der Waals surface area contributed by atoms with Crippen molar-refractivity contribution in [2.45, 2.75) is 6.42 Å². The zero-order valence-corrected chi connectivity index (χ0v) is 12.4. The second kappa shape index (κ2) is 5.11. The number of rotatable bonds is 2. The summed E-state index contributed by atoms with van der Waals surface area (Å²) < 4.78 is 0.711. The van der Waals surface area contributed by atoms with Crippen LogP contribution in [0.5, 0.6) is 0 Å². The summed E-state index contributed by atoms with van der Waals surface area (Å²) in [4.78, 5) is 23.9. The van der Waals surface area contributed by atoms with Crippen LogP contribution in [0.2, 0.25) is 0 Å². The maximum atomic E-state index is 12.1. The number of fused-ring (bicyclic) bond motifs is 1. The maximum absolute atomic E-state index is 12.1. The summed E-state index contributed by atoms with van der Waals surface area (Å²) in [6.07, 6.45) is 0.515. The van der Waals surface area contributed by atoms with Gasteiger partial charge in [0.1, 0.15) is 5.69 Å². The standard InChI is InChI=1S/C15H9BrN3O2/c16-11-7-10(6-9-4-2-1-3-5-9)13-12(8-11)19(18-17)15(21)14(13)20/h1-5,7-8H,6H2/q+1. The summed E-state index contributed by atoms with van der Waals surface area (Å²) in [5.41, 5.74) is 2.34. The van der Waals surface area contributed by atoms with Gasteiger partial charge in [0, 0.05) is 4.47 Å². The molecule has 0 spiro atoms. The van der Waals surface area contributed by atoms with Gasteiger partial charge in [0.15, 0.2) is 0 Å². The van der Waals surface area contributed by atoms with Crippen LogP contribution in [0.1, 0.15) is 21.5 Å². The average Bonchev–Trinajstić information content (AvgIpc) is 2.71. The fraction of sp³-hybridized carbons (Fsp3) is 0.0667. The van der Waals surface area contributed by atoms with Crippen LogP contribution in [-0.2, 0) is 11.2 Å². The lowest BCUT2D eigenvalue weighted by Crippen LogP contribution is -2.22. The highest BCUT2D eigenvalue weighted by atomic mass is 79.9. The number of benzene rings is 2. The van der Waals surface area contributed by atoms with Crippen LogP contribution in [-0.4, -0.2) is 11.7 Å². The highest BCUT2D eigenvalue weighted by molar-refractivity contribution is 9.10. The summed E-state index contributed by atoms with van der Waals surface area (Å²) in [6, 6.07) is 13.0. The predicted octanol–water partition coefficient (Wildman–Crippen LogP) is 3.34. The number of Topliss-reactive ketones (excluding diaryl/α,β-unsaturated/α-hetero) is 1. The molecule has 0 N–H and O–H groups in total. The van der Waals surface area contributed by atoms with Gasteiger partial charge >= 0.3 is 11.0 Å². The number of amides is 1. The number of hydrogen-bond donors (Lipinski definition) is 0. The smallest absolute Gasteiger partial charge is 0.283 e. The SMILES string of the molecule is N#[N+]N1C(=O)C(=O)c2c(Cc3ccccc3)cc(Br)cc21. The molecule has 3 rings (SSSR count). The van der Waals surface area contributed by atoms with E-state index in [9.17, 15) is 9.59 Å². The van der Waals surface area contributed by atoms with Crippen molar-refractivity contribution in [2.75, 3.05) is 5.01 Å². The Morgan fingerprint density at radius 3 is 2.52 bits per heavy atom. The van der Waals surface area contributed by atoms with Crippen molar-refractivity contribution < 1.29 is 9.59 Å². The molecule has 0 radical (unpaired) electrons. The number of anilines is 1. The van der Waals surface area contributed by atoms with E-state index < -0.39 is 11.7 Å². The van der Waals surface area contributed by atoms with E-state index >= 15 is 0 Å². The lowest BCUT2D eigenvalue weighted by Gasteiger charge is -2.07. The molecule has 0 aliphatic carbocycles. The van der Waals surface area contributed by atoms with Crippen molar-refractivity contribution in [1.82, 2.24) is 0 Å². The minimum absolute atomic E-state index is 0.296. The second-order valence-electron chi connectivity index (χ2n) is 4.66. The van der Waals surface area contributed by atoms with Gasteiger partial charge < -0.3 is 0 Å². The molecule has 102 valence electrons. The normalized spacial score (nSPS) is 13.2. The Hall–Kier alpha value is -2.52. The fourth-order valence-corrected chi connectivity index (χ4v) is 2.93. The average molecular weight is 343 g/mol. The molecule has 0 aromatic heterocycles. The third-order valence-electron chi connectivity index (χ3n) is 3.33. The lowest BCUT2D eigenvalue weighted by atomic mass is 9.97. The van der Waals surface area contributed by atoms with Gasteiger partial charge in [-0.05, 0) is 29.7 Å². The molecular weight excluding hydrogens is 334 g/mol. The largest absolute Gasteiger partial charge is 0.375 e. The first-order chi connectivity index (χ1) is 10.1. The molecule has 0 fully saturated rings. The van der Waals surface area contributed by atoms with E-state index in [0.29, 0.717) is 22.1 Å². The molecule has 2 aromatic rings. The molecule has 1 amide bonds. The van der Waals surface area contributed by atoms with Crippen LogP contribution < -0.4 is 5.01 Å². The summed E-state index contributed by atoms with van der Waals surface area (Å²) in [6.45, 7) is 0. The molecule has 0 bridgehead atoms. The maximum Gasteiger partial charge on any atom is 0.375 e. The van der Waals surface area contributed by atoms with E-state index in [4.69, 9.17) is 5.39 Å². The number of ketones is 1. The Labute approximate surface area is 128 Å². The minimum atomic E-state index is -0.847. The molecule has 21 heavy (non-hydrogen) atoms. The Morgan fingerprint density at radius 2 is 1.86 bits per heavy atom. The zero-order valence-electron chi connectivity index (χ0n) is 10.8. The number of diazo groups is 1. The highest BCUT2D eigenvalue weighted by Crippen LogP contribution is 2.36. The summed E-state index contributed by atoms with van der Waals surface area (Å²) in [5, 5.41) is 12.5. The van der Waals surface area contributed by atoms with Crippen LogP contribution in [0.25, 0.3) is 5.08 Å². The summed E-state index contributed by atoms with van der Waals surface area (Å²) in [7, 11) is 0. The van der Waals surface area contributed by atoms with Gasteiger partial charge in [0.25, 0.3) is 11.2 Å². The van der Waals surface area contributed by atoms with Crippen molar-refractivity contribution in [3.8, 4) is 0 Å². The van der Waals surface area contributed by atoms with E-state index in [0.717, 1.165) is 16.1 Å². The molecular formula is C15H9BrN3O2+. The van der Waals surface area contributed by atoms with Gasteiger partial charge in [-0.15, -0.1) is 0 Å². The van der Waals surface area contributed by atoms with Crippen molar-refractivity contribution in [1.29, 1.82) is 5.39 Å². The molecule has 6 heteroatoms. The van der Waals surface area contributed by atoms with E-state index in [1.165, 1.54) is 0 Å². The molecule has 1 heterocycles. The lowest BCUT2D eigenvalue weighted by molar-refractivity contribution is -0.113. The summed E-state index contributed by atoms with van der Waals surface area (Å²) >= 11 is 3.35. The minimum Gasteiger partial charge on any atom is -0.283 e. The molecule has 0 saturated heterocycles. The molecule has 1 aliphatic rings. The Bertz CT molecular complexity index is 797. The predicted molar refractivity (Wildman–Crippen MR) is 80.3 cm³/mol. The van der Waals surface area contributed by atoms with E-state index in [1.54, 1.807) is 12.1 Å². The van der Waals surface area contributed by atoms with Crippen molar-refractivity contribution >= 4 is 33.3 Å². The zero-order chi connectivity index (χ0) is 15.0. The van der Waals surface area contributed by atoms with Crippen LogP contribution in [0, 0.1) is 5.39 Å². The van der Waals surface area contributed by atoms with Crippen LogP contribution in [0.4, 0.5) is 5.69 Å². The van der Waals surface area contributed by atoms with Crippen molar-refractivity contribution in [3.05, 3.63) is 68.7 Å². The van der Waals surface area contributed by atoms with E-state index in [2.05, 4.69) is 21.0 Å². The molecule has 2 aromatic carbocycles. The van der Waals surface area contributed by atoms with Gasteiger partial charge in [-0.3, -0.25) is 9.59 Å². The van der Waals surface area contributed by atoms with E-state index in [-0.39, 0.29) is 0 Å². The fourth-order valence-electron chi connectivity index (χ4n) is 2.43. The first-order valence-corrected chi connectivity index (χ1v) is 7.01. The van der Waals surface area contributed by atoms with Gasteiger partial charge in [-0.25, -0.2) is 0 Å². The van der Waals surface area contributed by atoms with Crippen molar-refractivity contribution in [3.63, 3.8) is 0 Å². The van der Waals surface area contributed by atoms with Gasteiger partial charge in [-0.1, -0.05) is 46.3 Å². The Balaban J connectivity index is 2.14. The van der Waals surface area contributed by atoms with Crippen LogP contribution in [0.3, 0.4) is 0 Å². The van der Waals surface area contributed by atoms with Gasteiger partial charge in [0.05, 0.1) is 10.6 Å². The molecule has 0 saturated carbocycles. The van der Waals surface area contributed by atoms with E-state index in [1.807, 2.05) is 30.3 Å². The molecule has 1 aliphatic heterocycles. The number of hydrogen-bond acceptors (Lipinski definition) is 3. The molecule has 5 nitrogen and oxygen atoms in total. The summed E-state index contributed by atoms with van der Waals surface area (Å²) in [5.74, 6) is -1.50. The van der Waals surface area contributed by atoms with Crippen molar-refractivity contribution in [2.24, 2.45) is 0 Å². The number of nitrogens with zero attached hydrogens (tertiary/aromatic N) is 3. The molecule has 0 unspecified atom stereocenters. The topological polar surface area (TPSA) is 65.5 Å². The van der Waals surface area contributed by atoms with Crippen LogP contribution in [0.15, 0.2) is 46.9 Å². The molecule has 0 atom stereocenters. The van der Waals surface area contributed by atoms with Gasteiger partial charge in [-0.2, -0.15) is 0 Å². The highest BCUT2D eigenvalue weighted by Gasteiger charge is 2.46. The Kier molecular flexibility index (Phi) is 3.28. The number of halogens is 1. The number of carbonyl (C=O) groups excluding carboxylic acids is 2. The Morgan fingerprint density at radius 1 is 1.14 bits per heavy atom. The number of carbonyl (C=O) groups is 2. The van der Waals surface area contributed by atoms with Crippen LogP contribution >= 0.6 is 15.9 Å². The first kappa shape index (κ1) is 13.5. The monoisotopic (exact) mass is 342 g/mol. The second-order valence-corrected chi connectivity index (χ2v) is 5.57. The third-order valence-corrected chi connectivity index (χ3v) is 3.79. The third kappa shape index (κ3) is 2.22. The van der Waals surface area contributed by atoms with Gasteiger partial charge in [0.2, 0.25) is 0 Å².